The molecule has 7 nitrogen and oxygen atoms in total. The van der Waals surface area contributed by atoms with Crippen molar-refractivity contribution in [2.45, 2.75) is 311 Å². The minimum atomic E-state index is -0.904. The molecule has 0 aliphatic rings. The standard InChI is InChI=1S/3C18H36O2.H2O.Ti/c3*1-17(2)15-13-11-9-7-5-3-4-6-8-10-12-14-16-18(19)20;;/h3*17H,3-16H2,1-2H3,(H,19,20);1H2;/q;;;;+4/p-4. The Morgan fingerprint density at radius 2 is 0.371 bits per heavy atom. The van der Waals surface area contributed by atoms with Gasteiger partial charge >= 0.3 is 21.7 Å². The van der Waals surface area contributed by atoms with Gasteiger partial charge in [-0.3, -0.25) is 0 Å². The maximum absolute atomic E-state index is 10.2. The van der Waals surface area contributed by atoms with Crippen molar-refractivity contribution in [1.82, 2.24) is 0 Å². The Morgan fingerprint density at radius 3 is 0.484 bits per heavy atom. The SMILES string of the molecule is CC(C)CCCCCCCCCCCCCCC(=O)[O-].CC(C)CCCCCCCCCCCCCCC(=O)[O-].CC(C)CCCCCCCCCCCCCCC(=O)[O-].[OH-].[Ti+4]. The molecule has 0 bridgehead atoms. The van der Waals surface area contributed by atoms with Gasteiger partial charge in [-0.25, -0.2) is 0 Å². The molecule has 0 aromatic carbocycles. The second kappa shape index (κ2) is 60.1. The van der Waals surface area contributed by atoms with Crippen LogP contribution in [0.25, 0.3) is 0 Å². The molecule has 0 radical (unpaired) electrons. The van der Waals surface area contributed by atoms with Gasteiger partial charge in [0.15, 0.2) is 0 Å². The van der Waals surface area contributed by atoms with Crippen molar-refractivity contribution < 1.29 is 56.9 Å². The maximum atomic E-state index is 10.2. The predicted octanol–water partition coefficient (Wildman–Crippen LogP) is 14.4. The van der Waals surface area contributed by atoms with Gasteiger partial charge in [0.2, 0.25) is 0 Å². The first-order valence-corrected chi connectivity index (χ1v) is 26.5. The monoisotopic (exact) mass is 915 g/mol. The molecular formula is C54H106O7Ti. The van der Waals surface area contributed by atoms with Gasteiger partial charge in [-0.2, -0.15) is 0 Å². The zero-order chi connectivity index (χ0) is 45.2. The van der Waals surface area contributed by atoms with E-state index in [1.54, 1.807) is 0 Å². The van der Waals surface area contributed by atoms with Gasteiger partial charge in [0, 0.05) is 17.9 Å². The quantitative estimate of drug-likeness (QED) is 0.0436. The normalized spacial score (nSPS) is 10.8. The van der Waals surface area contributed by atoms with Crippen LogP contribution in [-0.4, -0.2) is 23.4 Å². The number of hydrogen-bond donors (Lipinski definition) is 0. The molecule has 0 aromatic rings. The van der Waals surface area contributed by atoms with E-state index >= 15 is 0 Å². The number of carboxylic acids is 3. The number of aliphatic carboxylic acids is 3. The van der Waals surface area contributed by atoms with Crippen molar-refractivity contribution >= 4 is 17.9 Å². The average Bonchev–Trinajstić information content (AvgIpc) is 3.18. The summed E-state index contributed by atoms with van der Waals surface area (Å²) in [5.74, 6) is -0.125. The molecule has 0 spiro atoms. The molecule has 0 heterocycles. The molecule has 368 valence electrons. The van der Waals surface area contributed by atoms with E-state index in [9.17, 15) is 29.7 Å². The van der Waals surface area contributed by atoms with E-state index in [4.69, 9.17) is 0 Å². The molecular weight excluding hydrogens is 808 g/mol. The number of carbonyl (C=O) groups is 3. The summed E-state index contributed by atoms with van der Waals surface area (Å²) in [6.45, 7) is 13.8. The van der Waals surface area contributed by atoms with Crippen LogP contribution in [0.2, 0.25) is 0 Å². The summed E-state index contributed by atoms with van der Waals surface area (Å²) in [7, 11) is 0. The second-order valence-electron chi connectivity index (χ2n) is 19.6. The number of unbranched alkanes of at least 4 members (excludes halogenated alkanes) is 33. The van der Waals surface area contributed by atoms with Crippen molar-refractivity contribution in [2.24, 2.45) is 17.8 Å². The summed E-state index contributed by atoms with van der Waals surface area (Å²) in [6, 6.07) is 0. The van der Waals surface area contributed by atoms with Crippen molar-refractivity contribution in [3.63, 3.8) is 0 Å². The predicted molar refractivity (Wildman–Crippen MR) is 255 cm³/mol. The molecule has 0 saturated carbocycles. The molecule has 8 heteroatoms. The molecule has 0 unspecified atom stereocenters. The van der Waals surface area contributed by atoms with E-state index < -0.39 is 17.9 Å². The second-order valence-corrected chi connectivity index (χ2v) is 19.6. The molecule has 0 rings (SSSR count). The van der Waals surface area contributed by atoms with Gasteiger partial charge in [-0.1, -0.05) is 273 Å². The molecule has 1 N–H and O–H groups in total. The van der Waals surface area contributed by atoms with Gasteiger partial charge in [-0.15, -0.1) is 0 Å². The molecule has 0 aliphatic carbocycles. The molecule has 0 atom stereocenters. The third-order valence-electron chi connectivity index (χ3n) is 11.7. The number of carboxylic acid groups (broad SMARTS) is 3. The summed E-state index contributed by atoms with van der Waals surface area (Å²) < 4.78 is 0. The Balaban J connectivity index is -0.000000258. The van der Waals surface area contributed by atoms with Crippen LogP contribution in [-0.2, 0) is 36.1 Å². The molecule has 62 heavy (non-hydrogen) atoms. The van der Waals surface area contributed by atoms with E-state index in [-0.39, 0.29) is 46.5 Å². The summed E-state index contributed by atoms with van der Waals surface area (Å²) in [5, 5.41) is 30.7. The zero-order valence-electron chi connectivity index (χ0n) is 42.3. The molecule has 0 fully saturated rings. The topological polar surface area (TPSA) is 150 Å². The van der Waals surface area contributed by atoms with E-state index in [2.05, 4.69) is 41.5 Å². The summed E-state index contributed by atoms with van der Waals surface area (Å²) in [6.07, 6.45) is 51.0. The smallest absolute Gasteiger partial charge is 0.870 e. The van der Waals surface area contributed by atoms with Crippen molar-refractivity contribution in [2.75, 3.05) is 0 Å². The van der Waals surface area contributed by atoms with Gasteiger partial charge in [0.05, 0.1) is 0 Å². The molecule has 0 aliphatic heterocycles. The minimum absolute atomic E-state index is 0. The van der Waals surface area contributed by atoms with Gasteiger partial charge in [-0.05, 0) is 56.3 Å². The Kier molecular flexibility index (Phi) is 67.9. The van der Waals surface area contributed by atoms with E-state index in [1.807, 2.05) is 0 Å². The van der Waals surface area contributed by atoms with Crippen LogP contribution in [0.4, 0.5) is 0 Å². The van der Waals surface area contributed by atoms with Crippen LogP contribution in [0.3, 0.4) is 0 Å². The van der Waals surface area contributed by atoms with Crippen LogP contribution in [0, 0.1) is 17.8 Å². The third kappa shape index (κ3) is 79.5. The van der Waals surface area contributed by atoms with E-state index in [0.717, 1.165) is 56.3 Å². The third-order valence-corrected chi connectivity index (χ3v) is 11.7. The van der Waals surface area contributed by atoms with Crippen LogP contribution >= 0.6 is 0 Å². The van der Waals surface area contributed by atoms with Crippen LogP contribution in [0.15, 0.2) is 0 Å². The van der Waals surface area contributed by atoms with Crippen molar-refractivity contribution in [3.05, 3.63) is 0 Å². The maximum Gasteiger partial charge on any atom is 4.00 e. The summed E-state index contributed by atoms with van der Waals surface area (Å²) in [4.78, 5) is 30.7. The Labute approximate surface area is 401 Å². The summed E-state index contributed by atoms with van der Waals surface area (Å²) >= 11 is 0. The Hall–Kier alpha value is -0.916. The minimum Gasteiger partial charge on any atom is -0.870 e. The zero-order valence-corrected chi connectivity index (χ0v) is 43.9. The molecule has 0 amide bonds. The number of rotatable bonds is 45. The van der Waals surface area contributed by atoms with Crippen molar-refractivity contribution in [1.29, 1.82) is 0 Å². The fourth-order valence-corrected chi connectivity index (χ4v) is 7.77. The molecule has 0 saturated heterocycles. The average molecular weight is 915 g/mol. The van der Waals surface area contributed by atoms with E-state index in [1.165, 1.54) is 212 Å². The van der Waals surface area contributed by atoms with Gasteiger partial charge < -0.3 is 35.2 Å². The summed E-state index contributed by atoms with van der Waals surface area (Å²) in [5.41, 5.74) is 0. The van der Waals surface area contributed by atoms with Crippen LogP contribution in [0.1, 0.15) is 311 Å². The fourth-order valence-electron chi connectivity index (χ4n) is 7.77. The first kappa shape index (κ1) is 70.1. The Bertz CT molecular complexity index is 754. The van der Waals surface area contributed by atoms with Crippen LogP contribution < -0.4 is 15.3 Å². The van der Waals surface area contributed by atoms with Gasteiger partial charge in [0.1, 0.15) is 0 Å². The first-order chi connectivity index (χ1) is 28.9. The Morgan fingerprint density at radius 1 is 0.258 bits per heavy atom. The fraction of sp³-hybridized carbons (Fsp3) is 0.944. The number of hydrogen-bond acceptors (Lipinski definition) is 7. The number of carbonyl (C=O) groups excluding carboxylic acids is 3. The first-order valence-electron chi connectivity index (χ1n) is 26.5. The van der Waals surface area contributed by atoms with E-state index in [0.29, 0.717) is 0 Å². The molecule has 0 aromatic heterocycles. The van der Waals surface area contributed by atoms with Crippen molar-refractivity contribution in [3.8, 4) is 0 Å². The largest absolute Gasteiger partial charge is 4.00 e. The van der Waals surface area contributed by atoms with Gasteiger partial charge in [0.25, 0.3) is 0 Å². The van der Waals surface area contributed by atoms with Crippen LogP contribution in [0.5, 0.6) is 0 Å².